The first-order valence-electron chi connectivity index (χ1n) is 8.77. The van der Waals surface area contributed by atoms with Crippen LogP contribution in [0.4, 0.5) is 5.69 Å². The van der Waals surface area contributed by atoms with Gasteiger partial charge in [0.15, 0.2) is 0 Å². The van der Waals surface area contributed by atoms with Gasteiger partial charge in [0.2, 0.25) is 17.7 Å². The van der Waals surface area contributed by atoms with Crippen LogP contribution < -0.4 is 15.4 Å². The van der Waals surface area contributed by atoms with E-state index in [0.29, 0.717) is 24.5 Å². The molecule has 1 fully saturated rings. The number of ether oxygens (including phenoxy) is 1. The molecule has 0 atom stereocenters. The normalized spacial score (nSPS) is 13.6. The zero-order chi connectivity index (χ0) is 19.1. The predicted octanol–water partition coefficient (Wildman–Crippen LogP) is 2.16. The number of anilines is 1. The third-order valence-electron chi connectivity index (χ3n) is 4.07. The summed E-state index contributed by atoms with van der Waals surface area (Å²) in [7, 11) is 0. The van der Waals surface area contributed by atoms with Gasteiger partial charge in [-0.3, -0.25) is 14.4 Å². The highest BCUT2D eigenvalue weighted by Gasteiger charge is 2.21. The molecule has 2 N–H and O–H groups in total. The first-order valence-corrected chi connectivity index (χ1v) is 8.77. The molecule has 7 nitrogen and oxygen atoms in total. The molecular formula is C20H21N3O4. The van der Waals surface area contributed by atoms with E-state index in [4.69, 9.17) is 4.74 Å². The van der Waals surface area contributed by atoms with Crippen LogP contribution in [0.2, 0.25) is 0 Å². The van der Waals surface area contributed by atoms with Gasteiger partial charge < -0.3 is 20.3 Å². The molecule has 0 saturated carbocycles. The molecule has 0 unspecified atom stereocenters. The van der Waals surface area contributed by atoms with Crippen molar-refractivity contribution in [3.05, 3.63) is 54.6 Å². The summed E-state index contributed by atoms with van der Waals surface area (Å²) in [5.41, 5.74) is 0.630. The first-order chi connectivity index (χ1) is 13.1. The molecule has 140 valence electrons. The van der Waals surface area contributed by atoms with Crippen LogP contribution in [0, 0.1) is 0 Å². The van der Waals surface area contributed by atoms with Crippen molar-refractivity contribution in [3.63, 3.8) is 0 Å². The Hall–Kier alpha value is -3.35. The maximum Gasteiger partial charge on any atom is 0.239 e. The number of carbonyl (C=O) groups is 3. The number of nitrogens with one attached hydrogen (secondary N) is 2. The van der Waals surface area contributed by atoms with Gasteiger partial charge >= 0.3 is 0 Å². The van der Waals surface area contributed by atoms with Crippen molar-refractivity contribution < 1.29 is 19.1 Å². The number of benzene rings is 2. The van der Waals surface area contributed by atoms with E-state index >= 15 is 0 Å². The minimum atomic E-state index is -0.249. The number of piperazine rings is 1. The van der Waals surface area contributed by atoms with Crippen molar-refractivity contribution in [1.29, 1.82) is 0 Å². The Labute approximate surface area is 157 Å². The molecule has 1 aliphatic rings. The number of nitrogens with zero attached hydrogens (tertiary/aromatic N) is 1. The number of para-hydroxylation sites is 1. The standard InChI is InChI=1S/C20H21N3O4/c24-18(10-11-20(26)23-13-12-21-19(25)14-23)22-15-6-8-17(9-7-15)27-16-4-2-1-3-5-16/h1-9H,10-14H2,(H,21,25)(H,22,24). The van der Waals surface area contributed by atoms with Gasteiger partial charge in [0.1, 0.15) is 11.5 Å². The van der Waals surface area contributed by atoms with E-state index in [1.807, 2.05) is 30.3 Å². The maximum absolute atomic E-state index is 12.1. The third kappa shape index (κ3) is 5.57. The maximum atomic E-state index is 12.1. The molecule has 0 aromatic heterocycles. The molecule has 0 spiro atoms. The predicted molar refractivity (Wildman–Crippen MR) is 100 cm³/mol. The molecule has 1 heterocycles. The van der Waals surface area contributed by atoms with Crippen molar-refractivity contribution in [3.8, 4) is 11.5 Å². The van der Waals surface area contributed by atoms with Gasteiger partial charge in [0.25, 0.3) is 0 Å². The monoisotopic (exact) mass is 367 g/mol. The lowest BCUT2D eigenvalue weighted by Crippen LogP contribution is -2.50. The van der Waals surface area contributed by atoms with E-state index in [9.17, 15) is 14.4 Å². The largest absolute Gasteiger partial charge is 0.457 e. The van der Waals surface area contributed by atoms with Crippen LogP contribution in [0.5, 0.6) is 11.5 Å². The van der Waals surface area contributed by atoms with E-state index < -0.39 is 0 Å². The number of amides is 3. The van der Waals surface area contributed by atoms with Gasteiger partial charge in [-0.15, -0.1) is 0 Å². The van der Waals surface area contributed by atoms with Crippen LogP contribution in [0.25, 0.3) is 0 Å². The molecule has 1 saturated heterocycles. The van der Waals surface area contributed by atoms with Crippen molar-refractivity contribution in [2.75, 3.05) is 25.0 Å². The highest BCUT2D eigenvalue weighted by Crippen LogP contribution is 2.22. The van der Waals surface area contributed by atoms with Crippen LogP contribution in [-0.4, -0.2) is 42.3 Å². The van der Waals surface area contributed by atoms with Crippen LogP contribution in [-0.2, 0) is 14.4 Å². The molecule has 0 aliphatic carbocycles. The minimum Gasteiger partial charge on any atom is -0.457 e. The summed E-state index contributed by atoms with van der Waals surface area (Å²) in [5.74, 6) is 0.793. The number of rotatable bonds is 6. The Bertz CT molecular complexity index is 806. The molecule has 2 aromatic carbocycles. The van der Waals surface area contributed by atoms with Gasteiger partial charge in [-0.05, 0) is 36.4 Å². The van der Waals surface area contributed by atoms with E-state index in [2.05, 4.69) is 10.6 Å². The lowest BCUT2D eigenvalue weighted by Gasteiger charge is -2.26. The molecule has 0 bridgehead atoms. The van der Waals surface area contributed by atoms with Crippen molar-refractivity contribution in [2.24, 2.45) is 0 Å². The first kappa shape index (κ1) is 18.4. The topological polar surface area (TPSA) is 87.7 Å². The fourth-order valence-corrected chi connectivity index (χ4v) is 2.68. The number of hydrogen-bond donors (Lipinski definition) is 2. The summed E-state index contributed by atoms with van der Waals surface area (Å²) in [6.45, 7) is 0.993. The summed E-state index contributed by atoms with van der Waals surface area (Å²) in [6.07, 6.45) is 0.146. The van der Waals surface area contributed by atoms with Gasteiger partial charge in [-0.2, -0.15) is 0 Å². The molecular weight excluding hydrogens is 346 g/mol. The summed E-state index contributed by atoms with van der Waals surface area (Å²) in [6, 6.07) is 16.4. The van der Waals surface area contributed by atoms with E-state index in [0.717, 1.165) is 5.75 Å². The second kappa shape index (κ2) is 8.84. The average Bonchev–Trinajstić information content (AvgIpc) is 2.68. The second-order valence-electron chi connectivity index (χ2n) is 6.15. The summed E-state index contributed by atoms with van der Waals surface area (Å²) < 4.78 is 5.70. The molecule has 0 radical (unpaired) electrons. The molecule has 27 heavy (non-hydrogen) atoms. The summed E-state index contributed by atoms with van der Waals surface area (Å²) in [5, 5.41) is 5.42. The van der Waals surface area contributed by atoms with Crippen molar-refractivity contribution >= 4 is 23.4 Å². The van der Waals surface area contributed by atoms with E-state index in [1.165, 1.54) is 4.90 Å². The Morgan fingerprint density at radius 1 is 1.00 bits per heavy atom. The van der Waals surface area contributed by atoms with Crippen LogP contribution in [0.3, 0.4) is 0 Å². The lowest BCUT2D eigenvalue weighted by molar-refractivity contribution is -0.138. The zero-order valence-corrected chi connectivity index (χ0v) is 14.8. The fraction of sp³-hybridized carbons (Fsp3) is 0.250. The quantitative estimate of drug-likeness (QED) is 0.819. The zero-order valence-electron chi connectivity index (χ0n) is 14.8. The summed E-state index contributed by atoms with van der Waals surface area (Å²) >= 11 is 0. The van der Waals surface area contributed by atoms with E-state index in [1.54, 1.807) is 24.3 Å². The van der Waals surface area contributed by atoms with Gasteiger partial charge in [0, 0.05) is 31.6 Å². The molecule has 3 amide bonds. The van der Waals surface area contributed by atoms with Crippen LogP contribution >= 0.6 is 0 Å². The Kier molecular flexibility index (Phi) is 6.04. The van der Waals surface area contributed by atoms with Gasteiger partial charge in [-0.25, -0.2) is 0 Å². The Morgan fingerprint density at radius 2 is 1.70 bits per heavy atom. The average molecular weight is 367 g/mol. The van der Waals surface area contributed by atoms with Crippen LogP contribution in [0.15, 0.2) is 54.6 Å². The molecule has 2 aromatic rings. The minimum absolute atomic E-state index is 0.0589. The third-order valence-corrected chi connectivity index (χ3v) is 4.07. The Balaban J connectivity index is 1.45. The second-order valence-corrected chi connectivity index (χ2v) is 6.15. The smallest absolute Gasteiger partial charge is 0.239 e. The number of carbonyl (C=O) groups excluding carboxylic acids is 3. The van der Waals surface area contributed by atoms with E-state index in [-0.39, 0.29) is 37.1 Å². The summed E-state index contributed by atoms with van der Waals surface area (Å²) in [4.78, 5) is 36.9. The SMILES string of the molecule is O=C1CN(C(=O)CCC(=O)Nc2ccc(Oc3ccccc3)cc2)CCN1. The molecule has 3 rings (SSSR count). The highest BCUT2D eigenvalue weighted by molar-refractivity contribution is 5.94. The molecule has 7 heteroatoms. The van der Waals surface area contributed by atoms with Gasteiger partial charge in [0.05, 0.1) is 6.54 Å². The Morgan fingerprint density at radius 3 is 2.41 bits per heavy atom. The highest BCUT2D eigenvalue weighted by atomic mass is 16.5. The number of hydrogen-bond acceptors (Lipinski definition) is 4. The lowest BCUT2D eigenvalue weighted by atomic mass is 10.2. The van der Waals surface area contributed by atoms with Crippen LogP contribution in [0.1, 0.15) is 12.8 Å². The van der Waals surface area contributed by atoms with Gasteiger partial charge in [-0.1, -0.05) is 18.2 Å². The molecule has 1 aliphatic heterocycles. The van der Waals surface area contributed by atoms with Crippen molar-refractivity contribution in [2.45, 2.75) is 12.8 Å². The van der Waals surface area contributed by atoms with Crippen molar-refractivity contribution in [1.82, 2.24) is 10.2 Å². The fourth-order valence-electron chi connectivity index (χ4n) is 2.68.